The monoisotopic (exact) mass is 538 g/mol. The summed E-state index contributed by atoms with van der Waals surface area (Å²) in [5, 5.41) is 31.8. The number of alkyl halides is 3. The fourth-order valence-electron chi connectivity index (χ4n) is 4.60. The zero-order valence-corrected chi connectivity index (χ0v) is 20.0. The van der Waals surface area contributed by atoms with Crippen molar-refractivity contribution in [1.82, 2.24) is 30.5 Å². The summed E-state index contributed by atoms with van der Waals surface area (Å²) in [7, 11) is 0. The van der Waals surface area contributed by atoms with Crippen LogP contribution in [0.1, 0.15) is 47.3 Å². The number of nitrogens with one attached hydrogen (secondary N) is 2. The molecule has 2 aromatic rings. The summed E-state index contributed by atoms with van der Waals surface area (Å²) in [6.07, 6.45) is -0.970. The van der Waals surface area contributed by atoms with E-state index in [0.29, 0.717) is 49.2 Å². The second-order valence-corrected chi connectivity index (χ2v) is 9.35. The molecule has 0 bridgehead atoms. The number of nitrogens with zero attached hydrogens (tertiary/aromatic N) is 4. The van der Waals surface area contributed by atoms with Crippen LogP contribution in [0.15, 0.2) is 24.4 Å². The summed E-state index contributed by atoms with van der Waals surface area (Å²) < 4.78 is 33.3. The van der Waals surface area contributed by atoms with Crippen LogP contribution < -0.4 is 10.6 Å². The summed E-state index contributed by atoms with van der Waals surface area (Å²) in [5.74, 6) is -3.71. The average molecular weight is 538 g/mol. The van der Waals surface area contributed by atoms with Gasteiger partial charge >= 0.3 is 12.1 Å². The first-order chi connectivity index (χ1) is 17.9. The van der Waals surface area contributed by atoms with Gasteiger partial charge in [0.05, 0.1) is 23.2 Å². The lowest BCUT2D eigenvalue weighted by Crippen LogP contribution is -2.52. The van der Waals surface area contributed by atoms with Crippen LogP contribution >= 0.6 is 0 Å². The molecule has 0 saturated carbocycles. The van der Waals surface area contributed by atoms with E-state index in [2.05, 4.69) is 20.9 Å². The molecule has 3 aliphatic rings. The lowest BCUT2D eigenvalue weighted by atomic mass is 9.88. The first-order valence-electron chi connectivity index (χ1n) is 11.8. The Morgan fingerprint density at radius 2 is 1.87 bits per heavy atom. The lowest BCUT2D eigenvalue weighted by Gasteiger charge is -2.31. The number of aliphatic carboxylic acids is 1. The molecule has 1 unspecified atom stereocenters. The number of carbonyl (C=O) groups excluding carboxylic acids is 3. The van der Waals surface area contributed by atoms with Gasteiger partial charge in [0.25, 0.3) is 5.91 Å². The van der Waals surface area contributed by atoms with Crippen molar-refractivity contribution in [2.24, 2.45) is 0 Å². The molecule has 1 aromatic carbocycles. The van der Waals surface area contributed by atoms with Gasteiger partial charge in [-0.15, -0.1) is 5.10 Å². The van der Waals surface area contributed by atoms with E-state index in [0.717, 1.165) is 18.7 Å². The molecular formula is C23H25F3N6O6. The average Bonchev–Trinajstić information content (AvgIpc) is 3.43. The maximum absolute atomic E-state index is 13.0. The Hall–Kier alpha value is -3.85. The molecule has 12 nitrogen and oxygen atoms in total. The van der Waals surface area contributed by atoms with Gasteiger partial charge in [-0.1, -0.05) is 11.3 Å². The molecule has 15 heteroatoms. The highest BCUT2D eigenvalue weighted by molar-refractivity contribution is 6.05. The predicted molar refractivity (Wildman–Crippen MR) is 122 cm³/mol. The fraction of sp³-hybridized carbons (Fsp3) is 0.478. The van der Waals surface area contributed by atoms with Gasteiger partial charge in [0, 0.05) is 24.9 Å². The van der Waals surface area contributed by atoms with Gasteiger partial charge < -0.3 is 20.4 Å². The van der Waals surface area contributed by atoms with Crippen molar-refractivity contribution >= 4 is 23.7 Å². The number of fused-ring (bicyclic) bond motifs is 1. The topological polar surface area (TPSA) is 167 Å². The second-order valence-electron chi connectivity index (χ2n) is 9.35. The number of imide groups is 1. The van der Waals surface area contributed by atoms with Crippen LogP contribution in [0.3, 0.4) is 0 Å². The number of hydrogen-bond donors (Lipinski definition) is 4. The highest BCUT2D eigenvalue weighted by Crippen LogP contribution is 2.29. The fourth-order valence-corrected chi connectivity index (χ4v) is 4.60. The third kappa shape index (κ3) is 5.99. The largest absolute Gasteiger partial charge is 0.490 e. The number of benzene rings is 1. The Balaban J connectivity index is 0.000000426. The first-order valence-corrected chi connectivity index (χ1v) is 11.8. The summed E-state index contributed by atoms with van der Waals surface area (Å²) in [4.78, 5) is 47.0. The number of carbonyl (C=O) groups is 4. The van der Waals surface area contributed by atoms with Crippen LogP contribution in [0.2, 0.25) is 0 Å². The maximum atomic E-state index is 13.0. The zero-order chi connectivity index (χ0) is 27.7. The molecule has 3 amide bonds. The Labute approximate surface area is 213 Å². The molecule has 4 heterocycles. The molecule has 4 N–H and O–H groups in total. The lowest BCUT2D eigenvalue weighted by molar-refractivity contribution is -0.192. The van der Waals surface area contributed by atoms with E-state index >= 15 is 0 Å². The van der Waals surface area contributed by atoms with Gasteiger partial charge in [0.1, 0.15) is 6.04 Å². The van der Waals surface area contributed by atoms with Crippen LogP contribution in [0.5, 0.6) is 0 Å². The van der Waals surface area contributed by atoms with Crippen LogP contribution in [0.4, 0.5) is 13.2 Å². The molecule has 2 saturated heterocycles. The highest BCUT2D eigenvalue weighted by atomic mass is 19.4. The zero-order valence-electron chi connectivity index (χ0n) is 20.0. The van der Waals surface area contributed by atoms with Gasteiger partial charge in [-0.05, 0) is 50.0 Å². The quantitative estimate of drug-likeness (QED) is 0.401. The van der Waals surface area contributed by atoms with E-state index in [1.807, 2.05) is 12.1 Å². The van der Waals surface area contributed by atoms with Crippen LogP contribution in [-0.4, -0.2) is 84.7 Å². The van der Waals surface area contributed by atoms with Crippen molar-refractivity contribution in [2.75, 3.05) is 13.1 Å². The van der Waals surface area contributed by atoms with Gasteiger partial charge in [0.15, 0.2) is 0 Å². The minimum Gasteiger partial charge on any atom is -0.475 e. The standard InChI is InChI=1S/C21H24N6O4.C2HF3O2/c28-18-4-3-17(19(29)23-18)26-11-13-1-2-15(9-16(13)20(26)30)27-12-14(24-25-27)10-21(31)5-7-22-8-6-21;3-2(4,5)1(6)7/h1-2,9,12,17,22,31H,3-8,10-11H2,(H,23,28,29);(H,6,7). The first kappa shape index (κ1) is 27.2. The number of rotatable bonds is 4. The Morgan fingerprint density at radius 1 is 1.18 bits per heavy atom. The molecule has 0 radical (unpaired) electrons. The molecule has 0 spiro atoms. The molecule has 0 aliphatic carbocycles. The normalized spacial score (nSPS) is 20.9. The molecule has 3 aliphatic heterocycles. The van der Waals surface area contributed by atoms with E-state index in [-0.39, 0.29) is 18.2 Å². The number of aromatic nitrogens is 3. The van der Waals surface area contributed by atoms with Crippen LogP contribution in [0.25, 0.3) is 5.69 Å². The van der Waals surface area contributed by atoms with Gasteiger partial charge in [-0.3, -0.25) is 19.7 Å². The number of amides is 3. The van der Waals surface area contributed by atoms with E-state index < -0.39 is 29.7 Å². The summed E-state index contributed by atoms with van der Waals surface area (Å²) in [6, 6.07) is 4.83. The Morgan fingerprint density at radius 3 is 2.50 bits per heavy atom. The van der Waals surface area contributed by atoms with Crippen molar-refractivity contribution in [2.45, 2.75) is 56.5 Å². The number of halogens is 3. The maximum Gasteiger partial charge on any atom is 0.490 e. The molecular weight excluding hydrogens is 513 g/mol. The SMILES string of the molecule is O=C(O)C(F)(F)F.O=C1CCC(N2Cc3ccc(-n4cc(CC5(O)CCNCC5)nn4)cc3C2=O)C(=O)N1. The summed E-state index contributed by atoms with van der Waals surface area (Å²) in [5.41, 5.74) is 1.97. The minimum absolute atomic E-state index is 0.226. The van der Waals surface area contributed by atoms with Crippen molar-refractivity contribution in [3.8, 4) is 5.69 Å². The smallest absolute Gasteiger partial charge is 0.475 e. The third-order valence-corrected chi connectivity index (χ3v) is 6.60. The molecule has 1 atom stereocenters. The third-order valence-electron chi connectivity index (χ3n) is 6.60. The van der Waals surface area contributed by atoms with E-state index in [4.69, 9.17) is 9.90 Å². The predicted octanol–water partition coefficient (Wildman–Crippen LogP) is 0.319. The minimum atomic E-state index is -5.08. The van der Waals surface area contributed by atoms with E-state index in [1.54, 1.807) is 16.9 Å². The van der Waals surface area contributed by atoms with Crippen molar-refractivity contribution in [3.63, 3.8) is 0 Å². The Kier molecular flexibility index (Phi) is 7.51. The number of hydrogen-bond acceptors (Lipinski definition) is 8. The van der Waals surface area contributed by atoms with E-state index in [1.165, 1.54) is 4.90 Å². The van der Waals surface area contributed by atoms with Gasteiger partial charge in [-0.2, -0.15) is 13.2 Å². The van der Waals surface area contributed by atoms with E-state index in [9.17, 15) is 32.7 Å². The number of carboxylic acid groups (broad SMARTS) is 1. The molecule has 1 aromatic heterocycles. The second kappa shape index (κ2) is 10.5. The number of carboxylic acids is 1. The summed E-state index contributed by atoms with van der Waals surface area (Å²) >= 11 is 0. The molecule has 2 fully saturated rings. The van der Waals surface area contributed by atoms with Gasteiger partial charge in [0.2, 0.25) is 11.8 Å². The van der Waals surface area contributed by atoms with Crippen LogP contribution in [0, 0.1) is 0 Å². The number of piperidine rings is 2. The van der Waals surface area contributed by atoms with Crippen molar-refractivity contribution in [3.05, 3.63) is 41.2 Å². The molecule has 38 heavy (non-hydrogen) atoms. The van der Waals surface area contributed by atoms with Gasteiger partial charge in [-0.25, -0.2) is 9.48 Å². The number of aliphatic hydroxyl groups is 1. The summed E-state index contributed by atoms with van der Waals surface area (Å²) in [6.45, 7) is 1.90. The molecule has 204 valence electrons. The van der Waals surface area contributed by atoms with Crippen molar-refractivity contribution < 1.29 is 42.6 Å². The molecule has 5 rings (SSSR count). The highest BCUT2D eigenvalue weighted by Gasteiger charge is 2.39. The van der Waals surface area contributed by atoms with Crippen LogP contribution in [-0.2, 0) is 27.3 Å². The van der Waals surface area contributed by atoms with Crippen molar-refractivity contribution in [1.29, 1.82) is 0 Å². The Bertz CT molecular complexity index is 1260.